The zero-order chi connectivity index (χ0) is 14.8. The molecule has 0 unspecified atom stereocenters. The minimum atomic E-state index is -0.807. The number of carboxylic acids is 1. The van der Waals surface area contributed by atoms with Gasteiger partial charge in [0.25, 0.3) is 5.91 Å². The first kappa shape index (κ1) is 14.4. The van der Waals surface area contributed by atoms with E-state index in [9.17, 15) is 9.59 Å². The second-order valence-corrected chi connectivity index (χ2v) is 5.31. The molecule has 0 saturated carbocycles. The van der Waals surface area contributed by atoms with Gasteiger partial charge in [0.2, 0.25) is 0 Å². The fourth-order valence-corrected chi connectivity index (χ4v) is 2.22. The second kappa shape index (κ2) is 5.58. The number of aromatic nitrogens is 3. The molecule has 1 aliphatic heterocycles. The van der Waals surface area contributed by atoms with E-state index in [0.717, 1.165) is 0 Å². The van der Waals surface area contributed by atoms with Crippen LogP contribution < -0.4 is 5.73 Å². The predicted molar refractivity (Wildman–Crippen MR) is 70.0 cm³/mol. The van der Waals surface area contributed by atoms with Gasteiger partial charge >= 0.3 is 5.97 Å². The quantitative estimate of drug-likeness (QED) is 0.773. The van der Waals surface area contributed by atoms with Crippen molar-refractivity contribution >= 4 is 11.9 Å². The van der Waals surface area contributed by atoms with Crippen LogP contribution in [0.2, 0.25) is 0 Å². The molecule has 0 bridgehead atoms. The number of carbonyl (C=O) groups is 2. The lowest BCUT2D eigenvalue weighted by Gasteiger charge is -2.36. The molecule has 20 heavy (non-hydrogen) atoms. The van der Waals surface area contributed by atoms with Crippen LogP contribution in [0.1, 0.15) is 30.3 Å². The molecule has 8 nitrogen and oxygen atoms in total. The third-order valence-corrected chi connectivity index (χ3v) is 3.79. The van der Waals surface area contributed by atoms with Crippen LogP contribution in [0.3, 0.4) is 0 Å². The van der Waals surface area contributed by atoms with Crippen molar-refractivity contribution in [1.82, 2.24) is 19.9 Å². The van der Waals surface area contributed by atoms with Gasteiger partial charge in [-0.05, 0) is 19.8 Å². The zero-order valence-electron chi connectivity index (χ0n) is 11.4. The topological polar surface area (TPSA) is 114 Å². The number of amides is 1. The SMILES string of the molecule is CC1(C(=O)O)CCN(C(=O)c2cn(CCN)nn2)CC1. The lowest BCUT2D eigenvalue weighted by Crippen LogP contribution is -2.45. The van der Waals surface area contributed by atoms with Gasteiger partial charge < -0.3 is 15.7 Å². The standard InChI is InChI=1S/C12H19N5O3/c1-12(11(19)20)2-5-16(6-3-12)10(18)9-8-17(7-4-13)15-14-9/h8H,2-7,13H2,1H3,(H,19,20). The molecule has 0 radical (unpaired) electrons. The van der Waals surface area contributed by atoms with Crippen molar-refractivity contribution in [3.8, 4) is 0 Å². The number of piperidine rings is 1. The summed E-state index contributed by atoms with van der Waals surface area (Å²) in [5.74, 6) is -1.01. The Bertz CT molecular complexity index is 505. The molecule has 8 heteroatoms. The molecule has 1 aromatic heterocycles. The highest BCUT2D eigenvalue weighted by Gasteiger charge is 2.38. The average molecular weight is 281 g/mol. The zero-order valence-corrected chi connectivity index (χ0v) is 11.4. The van der Waals surface area contributed by atoms with Crippen LogP contribution in [-0.2, 0) is 11.3 Å². The summed E-state index contributed by atoms with van der Waals surface area (Å²) in [5.41, 5.74) is 4.94. The fourth-order valence-electron chi connectivity index (χ4n) is 2.22. The van der Waals surface area contributed by atoms with Crippen molar-refractivity contribution in [2.24, 2.45) is 11.1 Å². The molecule has 2 heterocycles. The maximum atomic E-state index is 12.2. The molecule has 110 valence electrons. The molecular weight excluding hydrogens is 262 g/mol. The van der Waals surface area contributed by atoms with Crippen LogP contribution >= 0.6 is 0 Å². The molecule has 1 aliphatic rings. The average Bonchev–Trinajstić information content (AvgIpc) is 2.88. The third kappa shape index (κ3) is 2.79. The Hall–Kier alpha value is -1.96. The third-order valence-electron chi connectivity index (χ3n) is 3.79. The van der Waals surface area contributed by atoms with Gasteiger partial charge in [0.15, 0.2) is 5.69 Å². The van der Waals surface area contributed by atoms with E-state index in [1.807, 2.05) is 0 Å². The van der Waals surface area contributed by atoms with Gasteiger partial charge in [-0.1, -0.05) is 5.21 Å². The van der Waals surface area contributed by atoms with Crippen molar-refractivity contribution in [3.63, 3.8) is 0 Å². The van der Waals surface area contributed by atoms with Crippen molar-refractivity contribution in [2.45, 2.75) is 26.3 Å². The Morgan fingerprint density at radius 3 is 2.65 bits per heavy atom. The maximum Gasteiger partial charge on any atom is 0.309 e. The summed E-state index contributed by atoms with van der Waals surface area (Å²) in [4.78, 5) is 25.0. The van der Waals surface area contributed by atoms with Gasteiger partial charge in [-0.3, -0.25) is 14.3 Å². The van der Waals surface area contributed by atoms with Crippen molar-refractivity contribution < 1.29 is 14.7 Å². The van der Waals surface area contributed by atoms with E-state index in [0.29, 0.717) is 39.0 Å². The van der Waals surface area contributed by atoms with E-state index in [1.54, 1.807) is 18.0 Å². The summed E-state index contributed by atoms with van der Waals surface area (Å²) >= 11 is 0. The number of carbonyl (C=O) groups excluding carboxylic acids is 1. The van der Waals surface area contributed by atoms with Gasteiger partial charge in [0, 0.05) is 19.6 Å². The summed E-state index contributed by atoms with van der Waals surface area (Å²) in [6.45, 7) is 3.50. The Balaban J connectivity index is 1.99. The number of hydrogen-bond donors (Lipinski definition) is 2. The van der Waals surface area contributed by atoms with Gasteiger partial charge in [-0.15, -0.1) is 5.10 Å². The number of nitrogens with two attached hydrogens (primary N) is 1. The lowest BCUT2D eigenvalue weighted by molar-refractivity contribution is -0.150. The van der Waals surface area contributed by atoms with E-state index in [-0.39, 0.29) is 11.6 Å². The Morgan fingerprint density at radius 1 is 1.45 bits per heavy atom. The van der Waals surface area contributed by atoms with Crippen LogP contribution in [0.5, 0.6) is 0 Å². The Morgan fingerprint density at radius 2 is 2.10 bits per heavy atom. The molecule has 0 atom stereocenters. The predicted octanol–water partition coefficient (Wildman–Crippen LogP) is -0.436. The number of nitrogens with zero attached hydrogens (tertiary/aromatic N) is 4. The number of rotatable bonds is 4. The fraction of sp³-hybridized carbons (Fsp3) is 0.667. The van der Waals surface area contributed by atoms with Crippen molar-refractivity contribution in [2.75, 3.05) is 19.6 Å². The summed E-state index contributed by atoms with van der Waals surface area (Å²) < 4.78 is 1.53. The van der Waals surface area contributed by atoms with Crippen molar-refractivity contribution in [1.29, 1.82) is 0 Å². The van der Waals surface area contributed by atoms with E-state index in [2.05, 4.69) is 10.3 Å². The smallest absolute Gasteiger partial charge is 0.309 e. The monoisotopic (exact) mass is 281 g/mol. The van der Waals surface area contributed by atoms with Gasteiger partial charge in [0.1, 0.15) is 0 Å². The summed E-state index contributed by atoms with van der Waals surface area (Å²) in [6, 6.07) is 0. The molecular formula is C12H19N5O3. The second-order valence-electron chi connectivity index (χ2n) is 5.31. The molecule has 0 aliphatic carbocycles. The minimum Gasteiger partial charge on any atom is -0.481 e. The molecule has 2 rings (SSSR count). The van der Waals surface area contributed by atoms with E-state index in [1.165, 1.54) is 4.68 Å². The molecule has 0 aromatic carbocycles. The van der Waals surface area contributed by atoms with Gasteiger partial charge in [-0.2, -0.15) is 0 Å². The first-order valence-electron chi connectivity index (χ1n) is 6.59. The molecule has 3 N–H and O–H groups in total. The Kier molecular flexibility index (Phi) is 4.03. The van der Waals surface area contributed by atoms with E-state index >= 15 is 0 Å². The van der Waals surface area contributed by atoms with Crippen LogP contribution in [0.25, 0.3) is 0 Å². The molecule has 1 amide bonds. The number of hydrogen-bond acceptors (Lipinski definition) is 5. The normalized spacial score (nSPS) is 18.0. The number of carboxylic acid groups (broad SMARTS) is 1. The lowest BCUT2D eigenvalue weighted by atomic mass is 9.80. The van der Waals surface area contributed by atoms with Crippen LogP contribution in [-0.4, -0.2) is 56.5 Å². The Labute approximate surface area is 116 Å². The number of aliphatic carboxylic acids is 1. The maximum absolute atomic E-state index is 12.2. The highest BCUT2D eigenvalue weighted by atomic mass is 16.4. The van der Waals surface area contributed by atoms with Crippen molar-refractivity contribution in [3.05, 3.63) is 11.9 Å². The highest BCUT2D eigenvalue weighted by molar-refractivity contribution is 5.92. The van der Waals surface area contributed by atoms with E-state index < -0.39 is 11.4 Å². The molecule has 1 saturated heterocycles. The first-order valence-corrected chi connectivity index (χ1v) is 6.59. The van der Waals surface area contributed by atoms with Crippen LogP contribution in [0, 0.1) is 5.41 Å². The molecule has 1 aromatic rings. The summed E-state index contributed by atoms with van der Waals surface area (Å²) in [5, 5.41) is 16.8. The van der Waals surface area contributed by atoms with Gasteiger partial charge in [-0.25, -0.2) is 0 Å². The number of likely N-dealkylation sites (tertiary alicyclic amines) is 1. The summed E-state index contributed by atoms with van der Waals surface area (Å²) in [7, 11) is 0. The van der Waals surface area contributed by atoms with Crippen LogP contribution in [0.4, 0.5) is 0 Å². The molecule has 1 fully saturated rings. The van der Waals surface area contributed by atoms with Gasteiger partial charge in [0.05, 0.1) is 18.2 Å². The minimum absolute atomic E-state index is 0.208. The van der Waals surface area contributed by atoms with E-state index in [4.69, 9.17) is 10.8 Å². The highest BCUT2D eigenvalue weighted by Crippen LogP contribution is 2.31. The summed E-state index contributed by atoms with van der Waals surface area (Å²) in [6.07, 6.45) is 2.47. The first-order chi connectivity index (χ1) is 9.46. The van der Waals surface area contributed by atoms with Crippen LogP contribution in [0.15, 0.2) is 6.20 Å². The molecule has 0 spiro atoms. The largest absolute Gasteiger partial charge is 0.481 e.